The van der Waals surface area contributed by atoms with Crippen LogP contribution in [-0.2, 0) is 11.2 Å². The summed E-state index contributed by atoms with van der Waals surface area (Å²) in [7, 11) is 0. The lowest BCUT2D eigenvalue weighted by Crippen LogP contribution is -1.93. The molecule has 0 radical (unpaired) electrons. The number of rotatable bonds is 2. The minimum Gasteiger partial charge on any atom is -0.281 e. The zero-order valence-electron chi connectivity index (χ0n) is 7.71. The predicted molar refractivity (Wildman–Crippen MR) is 61.1 cm³/mol. The van der Waals surface area contributed by atoms with Crippen molar-refractivity contribution in [2.24, 2.45) is 0 Å². The fourth-order valence-corrected chi connectivity index (χ4v) is 2.80. The Labute approximate surface area is 91.3 Å². The van der Waals surface area contributed by atoms with Crippen molar-refractivity contribution in [1.29, 1.82) is 0 Å². The Balaban J connectivity index is 2.62. The first-order chi connectivity index (χ1) is 6.68. The minimum absolute atomic E-state index is 0.295. The Kier molecular flexibility index (Phi) is 2.57. The summed E-state index contributed by atoms with van der Waals surface area (Å²) in [6.45, 7) is 2.03. The fraction of sp³-hybridized carbons (Fsp3) is 0.182. The number of fused-ring (bicyclic) bond motifs is 1. The third kappa shape index (κ3) is 1.68. The summed E-state index contributed by atoms with van der Waals surface area (Å²) in [5, 5.41) is 0.862. The molecule has 2 rings (SSSR count). The van der Waals surface area contributed by atoms with E-state index in [1.54, 1.807) is 11.3 Å². The Morgan fingerprint density at radius 1 is 1.43 bits per heavy atom. The number of carbonyl (C=O) groups excluding carboxylic acids is 1. The average Bonchev–Trinajstić information content (AvgIpc) is 2.43. The maximum atomic E-state index is 10.9. The molecule has 1 nitrogen and oxygen atoms in total. The van der Waals surface area contributed by atoms with Crippen molar-refractivity contribution in [3.05, 3.63) is 34.7 Å². The normalized spacial score (nSPS) is 10.7. The zero-order valence-corrected chi connectivity index (χ0v) is 9.28. The van der Waals surface area contributed by atoms with Crippen LogP contribution in [0, 0.1) is 6.92 Å². The lowest BCUT2D eigenvalue weighted by molar-refractivity contribution is -0.111. The SMILES string of the molecule is Cc1sc2ccccc2c1CC(=O)Cl. The highest BCUT2D eigenvalue weighted by molar-refractivity contribution is 7.19. The highest BCUT2D eigenvalue weighted by Gasteiger charge is 2.10. The van der Waals surface area contributed by atoms with Gasteiger partial charge < -0.3 is 0 Å². The molecule has 0 atom stereocenters. The molecule has 1 aromatic heterocycles. The molecule has 0 fully saturated rings. The smallest absolute Gasteiger partial charge is 0.226 e. The summed E-state index contributed by atoms with van der Waals surface area (Å²) in [6.07, 6.45) is 0.331. The van der Waals surface area contributed by atoms with Crippen molar-refractivity contribution in [1.82, 2.24) is 0 Å². The van der Waals surface area contributed by atoms with Crippen LogP contribution in [0.5, 0.6) is 0 Å². The van der Waals surface area contributed by atoms with Gasteiger partial charge in [-0.05, 0) is 35.5 Å². The van der Waals surface area contributed by atoms with Crippen molar-refractivity contribution in [2.45, 2.75) is 13.3 Å². The maximum absolute atomic E-state index is 10.9. The van der Waals surface area contributed by atoms with Gasteiger partial charge in [0, 0.05) is 16.0 Å². The van der Waals surface area contributed by atoms with Crippen LogP contribution in [0.4, 0.5) is 0 Å². The molecular weight excluding hydrogens is 216 g/mol. The van der Waals surface area contributed by atoms with Gasteiger partial charge in [0.2, 0.25) is 5.24 Å². The number of hydrogen-bond donors (Lipinski definition) is 0. The topological polar surface area (TPSA) is 17.1 Å². The number of halogens is 1. The van der Waals surface area contributed by atoms with Gasteiger partial charge in [0.15, 0.2) is 0 Å². The number of benzene rings is 1. The molecule has 0 saturated heterocycles. The summed E-state index contributed by atoms with van der Waals surface area (Å²) in [5.74, 6) is 0. The van der Waals surface area contributed by atoms with Crippen molar-refractivity contribution in [3.63, 3.8) is 0 Å². The maximum Gasteiger partial charge on any atom is 0.226 e. The van der Waals surface area contributed by atoms with Crippen LogP contribution in [0.25, 0.3) is 10.1 Å². The second kappa shape index (κ2) is 3.71. The van der Waals surface area contributed by atoms with E-state index in [-0.39, 0.29) is 5.24 Å². The van der Waals surface area contributed by atoms with E-state index in [9.17, 15) is 4.79 Å². The molecule has 3 heteroatoms. The molecule has 1 aromatic carbocycles. The second-order valence-corrected chi connectivity index (χ2v) is 4.84. The zero-order chi connectivity index (χ0) is 10.1. The van der Waals surface area contributed by atoms with E-state index in [0.717, 1.165) is 10.9 Å². The molecule has 0 spiro atoms. The Morgan fingerprint density at radius 3 is 2.86 bits per heavy atom. The second-order valence-electron chi connectivity index (χ2n) is 3.16. The fourth-order valence-electron chi connectivity index (χ4n) is 1.58. The summed E-state index contributed by atoms with van der Waals surface area (Å²) >= 11 is 7.12. The predicted octanol–water partition coefficient (Wildman–Crippen LogP) is 3.52. The third-order valence-corrected chi connectivity index (χ3v) is 3.48. The summed E-state index contributed by atoms with van der Waals surface area (Å²) < 4.78 is 1.22. The van der Waals surface area contributed by atoms with Crippen LogP contribution in [0.1, 0.15) is 10.4 Å². The monoisotopic (exact) mass is 224 g/mol. The van der Waals surface area contributed by atoms with Gasteiger partial charge in [0.1, 0.15) is 0 Å². The molecule has 14 heavy (non-hydrogen) atoms. The molecule has 0 aliphatic rings. The first-order valence-electron chi connectivity index (χ1n) is 4.34. The van der Waals surface area contributed by atoms with Crippen LogP contribution in [-0.4, -0.2) is 5.24 Å². The molecule has 0 saturated carbocycles. The molecule has 0 bridgehead atoms. The largest absolute Gasteiger partial charge is 0.281 e. The Morgan fingerprint density at radius 2 is 2.14 bits per heavy atom. The molecule has 0 aliphatic carbocycles. The Hall–Kier alpha value is -0.860. The number of carbonyl (C=O) groups is 1. The van der Waals surface area contributed by atoms with Gasteiger partial charge in [-0.15, -0.1) is 11.3 Å². The summed E-state index contributed by atoms with van der Waals surface area (Å²) in [5.41, 5.74) is 1.07. The molecule has 2 aromatic rings. The first kappa shape index (κ1) is 9.69. The van der Waals surface area contributed by atoms with E-state index >= 15 is 0 Å². The quantitative estimate of drug-likeness (QED) is 0.714. The first-order valence-corrected chi connectivity index (χ1v) is 5.53. The van der Waals surface area contributed by atoms with Crippen LogP contribution in [0.2, 0.25) is 0 Å². The molecule has 1 heterocycles. The van der Waals surface area contributed by atoms with Gasteiger partial charge in [0.05, 0.1) is 0 Å². The van der Waals surface area contributed by atoms with Gasteiger partial charge in [-0.3, -0.25) is 4.79 Å². The highest BCUT2D eigenvalue weighted by atomic mass is 35.5. The van der Waals surface area contributed by atoms with Crippen molar-refractivity contribution in [2.75, 3.05) is 0 Å². The van der Waals surface area contributed by atoms with Gasteiger partial charge in [-0.2, -0.15) is 0 Å². The molecule has 0 amide bonds. The minimum atomic E-state index is -0.295. The third-order valence-electron chi connectivity index (χ3n) is 2.22. The van der Waals surface area contributed by atoms with Crippen LogP contribution >= 0.6 is 22.9 Å². The van der Waals surface area contributed by atoms with E-state index < -0.39 is 0 Å². The standard InChI is InChI=1S/C11H9ClOS/c1-7-9(6-11(12)13)8-4-2-3-5-10(8)14-7/h2-5H,6H2,1H3. The van der Waals surface area contributed by atoms with E-state index in [0.29, 0.717) is 6.42 Å². The number of hydrogen-bond acceptors (Lipinski definition) is 2. The van der Waals surface area contributed by atoms with E-state index in [1.807, 2.05) is 25.1 Å². The summed E-state index contributed by atoms with van der Waals surface area (Å²) in [6, 6.07) is 8.09. The van der Waals surface area contributed by atoms with Crippen LogP contribution < -0.4 is 0 Å². The van der Waals surface area contributed by atoms with Gasteiger partial charge in [0.25, 0.3) is 0 Å². The van der Waals surface area contributed by atoms with Crippen molar-refractivity contribution in [3.8, 4) is 0 Å². The summed E-state index contributed by atoms with van der Waals surface area (Å²) in [4.78, 5) is 12.1. The van der Waals surface area contributed by atoms with Crippen LogP contribution in [0.3, 0.4) is 0 Å². The lowest BCUT2D eigenvalue weighted by atomic mass is 10.1. The van der Waals surface area contributed by atoms with E-state index in [2.05, 4.69) is 6.07 Å². The van der Waals surface area contributed by atoms with E-state index in [1.165, 1.54) is 9.58 Å². The lowest BCUT2D eigenvalue weighted by Gasteiger charge is -1.95. The number of aryl methyl sites for hydroxylation is 1. The van der Waals surface area contributed by atoms with E-state index in [4.69, 9.17) is 11.6 Å². The number of thiophene rings is 1. The molecule has 0 unspecified atom stereocenters. The van der Waals surface area contributed by atoms with Gasteiger partial charge in [-0.1, -0.05) is 18.2 Å². The molecule has 0 N–H and O–H groups in total. The average molecular weight is 225 g/mol. The van der Waals surface area contributed by atoms with Crippen molar-refractivity contribution < 1.29 is 4.79 Å². The van der Waals surface area contributed by atoms with Crippen LogP contribution in [0.15, 0.2) is 24.3 Å². The van der Waals surface area contributed by atoms with Crippen molar-refractivity contribution >= 4 is 38.3 Å². The molecule has 72 valence electrons. The highest BCUT2D eigenvalue weighted by Crippen LogP contribution is 2.31. The van der Waals surface area contributed by atoms with Gasteiger partial charge in [-0.25, -0.2) is 0 Å². The molecular formula is C11H9ClOS. The Bertz CT molecular complexity index is 487. The van der Waals surface area contributed by atoms with Gasteiger partial charge >= 0.3 is 0 Å². The molecule has 0 aliphatic heterocycles.